The van der Waals surface area contributed by atoms with Gasteiger partial charge in [-0.2, -0.15) is 0 Å². The van der Waals surface area contributed by atoms with Crippen LogP contribution >= 0.6 is 0 Å². The average molecular weight is 268 g/mol. The minimum atomic E-state index is -0.758. The van der Waals surface area contributed by atoms with E-state index in [4.69, 9.17) is 5.11 Å². The molecule has 0 aromatic carbocycles. The largest absolute Gasteiger partial charge is 0.481 e. The minimum absolute atomic E-state index is 0.0727. The van der Waals surface area contributed by atoms with E-state index in [1.54, 1.807) is 0 Å². The average Bonchev–Trinajstić information content (AvgIpc) is 2.82. The van der Waals surface area contributed by atoms with Crippen molar-refractivity contribution in [3.05, 3.63) is 0 Å². The highest BCUT2D eigenvalue weighted by Crippen LogP contribution is 2.43. The molecule has 19 heavy (non-hydrogen) atoms. The van der Waals surface area contributed by atoms with Crippen molar-refractivity contribution in [1.29, 1.82) is 0 Å². The molecule has 2 aliphatic rings. The lowest BCUT2D eigenvalue weighted by atomic mass is 9.66. The molecule has 1 saturated carbocycles. The zero-order chi connectivity index (χ0) is 13.7. The molecule has 2 fully saturated rings. The van der Waals surface area contributed by atoms with E-state index in [0.717, 1.165) is 45.2 Å². The molecule has 108 valence electrons. The van der Waals surface area contributed by atoms with Crippen LogP contribution in [0.4, 0.5) is 0 Å². The molecule has 0 aromatic heterocycles. The van der Waals surface area contributed by atoms with Gasteiger partial charge < -0.3 is 15.7 Å². The van der Waals surface area contributed by atoms with Crippen LogP contribution in [0.3, 0.4) is 0 Å². The van der Waals surface area contributed by atoms with Crippen molar-refractivity contribution in [2.75, 3.05) is 19.6 Å². The fourth-order valence-corrected chi connectivity index (χ4v) is 3.08. The van der Waals surface area contributed by atoms with Crippen molar-refractivity contribution < 1.29 is 14.7 Å². The molecule has 5 nitrogen and oxygen atoms in total. The highest BCUT2D eigenvalue weighted by Gasteiger charge is 2.39. The van der Waals surface area contributed by atoms with Crippen molar-refractivity contribution in [2.24, 2.45) is 11.3 Å². The van der Waals surface area contributed by atoms with Crippen molar-refractivity contribution in [1.82, 2.24) is 10.6 Å². The molecule has 1 amide bonds. The summed E-state index contributed by atoms with van der Waals surface area (Å²) in [5.74, 6) is -0.0584. The van der Waals surface area contributed by atoms with Gasteiger partial charge in [0.25, 0.3) is 0 Å². The van der Waals surface area contributed by atoms with Gasteiger partial charge in [0.2, 0.25) is 5.91 Å². The summed E-state index contributed by atoms with van der Waals surface area (Å²) >= 11 is 0. The SMILES string of the molecule is O=C(O)CC1(CNC(=O)CCC2CCNC2)CCC1. The van der Waals surface area contributed by atoms with Crippen molar-refractivity contribution in [2.45, 2.75) is 44.9 Å². The molecule has 5 heteroatoms. The Labute approximate surface area is 114 Å². The lowest BCUT2D eigenvalue weighted by Crippen LogP contribution is -2.43. The summed E-state index contributed by atoms with van der Waals surface area (Å²) in [5.41, 5.74) is -0.170. The van der Waals surface area contributed by atoms with Gasteiger partial charge in [-0.05, 0) is 50.1 Å². The lowest BCUT2D eigenvalue weighted by Gasteiger charge is -2.40. The predicted octanol–water partition coefficient (Wildman–Crippen LogP) is 1.14. The summed E-state index contributed by atoms with van der Waals surface area (Å²) in [6.45, 7) is 2.62. The van der Waals surface area contributed by atoms with Crippen molar-refractivity contribution in [3.63, 3.8) is 0 Å². The summed E-state index contributed by atoms with van der Waals surface area (Å²) < 4.78 is 0. The number of amides is 1. The van der Waals surface area contributed by atoms with Crippen LogP contribution in [-0.2, 0) is 9.59 Å². The van der Waals surface area contributed by atoms with Crippen LogP contribution in [0.5, 0.6) is 0 Å². The van der Waals surface area contributed by atoms with Crippen LogP contribution in [0.15, 0.2) is 0 Å². The first-order valence-corrected chi connectivity index (χ1v) is 7.29. The Morgan fingerprint density at radius 3 is 2.68 bits per heavy atom. The van der Waals surface area contributed by atoms with Gasteiger partial charge in [0.05, 0.1) is 6.42 Å². The molecule has 1 aliphatic carbocycles. The van der Waals surface area contributed by atoms with Gasteiger partial charge in [-0.25, -0.2) is 0 Å². The zero-order valence-corrected chi connectivity index (χ0v) is 11.4. The molecule has 3 N–H and O–H groups in total. The third kappa shape index (κ3) is 4.20. The van der Waals surface area contributed by atoms with E-state index in [1.165, 1.54) is 0 Å². The second-order valence-corrected chi connectivity index (χ2v) is 6.10. The highest BCUT2D eigenvalue weighted by molar-refractivity contribution is 5.76. The van der Waals surface area contributed by atoms with Crippen LogP contribution in [0.25, 0.3) is 0 Å². The van der Waals surface area contributed by atoms with E-state index in [9.17, 15) is 9.59 Å². The monoisotopic (exact) mass is 268 g/mol. The smallest absolute Gasteiger partial charge is 0.303 e. The number of aliphatic carboxylic acids is 1. The molecule has 2 rings (SSSR count). The van der Waals surface area contributed by atoms with E-state index in [2.05, 4.69) is 10.6 Å². The first-order chi connectivity index (χ1) is 9.10. The van der Waals surface area contributed by atoms with Crippen LogP contribution in [-0.4, -0.2) is 36.6 Å². The Morgan fingerprint density at radius 2 is 2.16 bits per heavy atom. The zero-order valence-electron chi connectivity index (χ0n) is 11.4. The molecule has 1 heterocycles. The first-order valence-electron chi connectivity index (χ1n) is 7.29. The molecule has 0 bridgehead atoms. The maximum atomic E-state index is 11.8. The molecular weight excluding hydrogens is 244 g/mol. The molecular formula is C14H24N2O3. The Hall–Kier alpha value is -1.10. The summed E-state index contributed by atoms with van der Waals surface area (Å²) in [5, 5.41) is 15.1. The fourth-order valence-electron chi connectivity index (χ4n) is 3.08. The molecule has 0 spiro atoms. The normalized spacial score (nSPS) is 24.7. The number of rotatable bonds is 7. The standard InChI is InChI=1S/C14H24N2O3/c17-12(3-2-11-4-7-15-9-11)16-10-14(5-1-6-14)8-13(18)19/h11,15H,1-10H2,(H,16,17)(H,18,19). The molecule has 1 unspecified atom stereocenters. The Kier molecular flexibility index (Phi) is 4.80. The van der Waals surface area contributed by atoms with Crippen molar-refractivity contribution in [3.8, 4) is 0 Å². The van der Waals surface area contributed by atoms with Crippen molar-refractivity contribution >= 4 is 11.9 Å². The molecule has 1 atom stereocenters. The Balaban J connectivity index is 1.65. The van der Waals surface area contributed by atoms with Gasteiger partial charge in [-0.1, -0.05) is 6.42 Å². The Morgan fingerprint density at radius 1 is 1.37 bits per heavy atom. The third-order valence-electron chi connectivity index (χ3n) is 4.54. The number of carbonyl (C=O) groups excluding carboxylic acids is 1. The second-order valence-electron chi connectivity index (χ2n) is 6.10. The van der Waals surface area contributed by atoms with Gasteiger partial charge in [-0.3, -0.25) is 9.59 Å². The second kappa shape index (κ2) is 6.37. The van der Waals surface area contributed by atoms with Crippen LogP contribution < -0.4 is 10.6 Å². The van der Waals surface area contributed by atoms with Gasteiger partial charge in [0.15, 0.2) is 0 Å². The van der Waals surface area contributed by atoms with Crippen LogP contribution in [0, 0.1) is 11.3 Å². The fraction of sp³-hybridized carbons (Fsp3) is 0.857. The van der Waals surface area contributed by atoms with E-state index in [-0.39, 0.29) is 17.7 Å². The van der Waals surface area contributed by atoms with Gasteiger partial charge in [-0.15, -0.1) is 0 Å². The number of carboxylic acid groups (broad SMARTS) is 1. The van der Waals surface area contributed by atoms with Gasteiger partial charge in [0.1, 0.15) is 0 Å². The van der Waals surface area contributed by atoms with Gasteiger partial charge >= 0.3 is 5.97 Å². The quantitative estimate of drug-likeness (QED) is 0.647. The van der Waals surface area contributed by atoms with Crippen LogP contribution in [0.2, 0.25) is 0 Å². The van der Waals surface area contributed by atoms with E-state index in [1.807, 2.05) is 0 Å². The Bertz CT molecular complexity index is 334. The summed E-state index contributed by atoms with van der Waals surface area (Å²) in [4.78, 5) is 22.6. The molecule has 0 aromatic rings. The highest BCUT2D eigenvalue weighted by atomic mass is 16.4. The maximum Gasteiger partial charge on any atom is 0.303 e. The van der Waals surface area contributed by atoms with Crippen LogP contribution in [0.1, 0.15) is 44.9 Å². The maximum absolute atomic E-state index is 11.8. The number of nitrogens with one attached hydrogen (secondary N) is 2. The summed E-state index contributed by atoms with van der Waals surface area (Å²) in [7, 11) is 0. The van der Waals surface area contributed by atoms with E-state index in [0.29, 0.717) is 18.9 Å². The number of carbonyl (C=O) groups is 2. The number of hydrogen-bond donors (Lipinski definition) is 3. The molecule has 1 saturated heterocycles. The lowest BCUT2D eigenvalue weighted by molar-refractivity contribution is -0.141. The topological polar surface area (TPSA) is 78.4 Å². The number of hydrogen-bond acceptors (Lipinski definition) is 3. The first kappa shape index (κ1) is 14.3. The van der Waals surface area contributed by atoms with E-state index >= 15 is 0 Å². The minimum Gasteiger partial charge on any atom is -0.481 e. The third-order valence-corrected chi connectivity index (χ3v) is 4.54. The predicted molar refractivity (Wildman–Crippen MR) is 71.8 cm³/mol. The summed E-state index contributed by atoms with van der Waals surface area (Å²) in [6.07, 6.45) is 5.77. The number of carboxylic acids is 1. The summed E-state index contributed by atoms with van der Waals surface area (Å²) in [6, 6.07) is 0. The molecule has 0 radical (unpaired) electrons. The molecule has 1 aliphatic heterocycles. The van der Waals surface area contributed by atoms with Gasteiger partial charge in [0, 0.05) is 13.0 Å². The van der Waals surface area contributed by atoms with E-state index < -0.39 is 5.97 Å².